The lowest BCUT2D eigenvalue weighted by Gasteiger charge is -2.07. The average Bonchev–Trinajstić information content (AvgIpc) is 2.98. The van der Waals surface area contributed by atoms with E-state index in [4.69, 9.17) is 33.2 Å². The Balaban J connectivity index is 3.06. The molecule has 0 bridgehead atoms. The predicted molar refractivity (Wildman–Crippen MR) is 198 cm³/mol. The van der Waals surface area contributed by atoms with Crippen molar-refractivity contribution in [3.8, 4) is 0 Å². The van der Waals surface area contributed by atoms with Crippen LogP contribution in [0.4, 0.5) is 0 Å². The van der Waals surface area contributed by atoms with Crippen molar-refractivity contribution < 1.29 is 4.79 Å². The van der Waals surface area contributed by atoms with E-state index in [9.17, 15) is 4.79 Å². The highest BCUT2D eigenvalue weighted by Crippen LogP contribution is 2.27. The van der Waals surface area contributed by atoms with Crippen molar-refractivity contribution in [3.05, 3.63) is 0 Å². The lowest BCUT2D eigenvalue weighted by atomic mass is 10.0. The summed E-state index contributed by atoms with van der Waals surface area (Å²) in [5.41, 5.74) is 0. The van der Waals surface area contributed by atoms with E-state index in [2.05, 4.69) is 4.99 Å². The standard InChI is InChI=1S/C37H72Cl3NOSi/c38-43(39,40)36-34-32-30-28-26-24-22-20-18-16-14-12-10-8-6-4-2-1-3-5-7-9-11-13-15-17-19-21-23-25-27-29-31-33-35-41-37-42/h1-36H2. The monoisotopic (exact) mass is 679 g/mol. The van der Waals surface area contributed by atoms with Crippen molar-refractivity contribution in [2.75, 3.05) is 6.54 Å². The molecule has 0 saturated carbocycles. The molecule has 0 heterocycles. The normalized spacial score (nSPS) is 11.7. The highest BCUT2D eigenvalue weighted by molar-refractivity contribution is 7.64. The Kier molecular flexibility index (Phi) is 37.3. The van der Waals surface area contributed by atoms with Crippen molar-refractivity contribution in [1.29, 1.82) is 0 Å². The van der Waals surface area contributed by atoms with Gasteiger partial charge in [0.05, 0.1) is 6.54 Å². The summed E-state index contributed by atoms with van der Waals surface area (Å²) in [5, 5.41) is 0. The van der Waals surface area contributed by atoms with Crippen LogP contribution in [0.3, 0.4) is 0 Å². The summed E-state index contributed by atoms with van der Waals surface area (Å²) in [6, 6.07) is -1.55. The van der Waals surface area contributed by atoms with E-state index in [0.717, 1.165) is 18.9 Å². The first-order valence-electron chi connectivity index (χ1n) is 19.2. The van der Waals surface area contributed by atoms with Gasteiger partial charge in [0.2, 0.25) is 6.08 Å². The van der Waals surface area contributed by atoms with Crippen LogP contribution in [0.25, 0.3) is 0 Å². The summed E-state index contributed by atoms with van der Waals surface area (Å²) >= 11 is 17.8. The SMILES string of the molecule is O=C=NCCCCCCCCCCCCCCCCCCCCCCCCCCCCCCCCCCCC[Si](Cl)(Cl)Cl. The lowest BCUT2D eigenvalue weighted by molar-refractivity contribution is 0.511. The molecule has 0 aliphatic rings. The third kappa shape index (κ3) is 42.5. The smallest absolute Gasteiger partial charge is 0.211 e. The number of isocyanates is 1. The van der Waals surface area contributed by atoms with Crippen LogP contribution in [0.1, 0.15) is 218 Å². The molecule has 0 aromatic rings. The first-order valence-corrected chi connectivity index (χ1v) is 24.4. The molecular weight excluding hydrogens is 609 g/mol. The van der Waals surface area contributed by atoms with Gasteiger partial charge in [0.25, 0.3) is 0 Å². The number of hydrogen-bond acceptors (Lipinski definition) is 2. The molecule has 2 nitrogen and oxygen atoms in total. The topological polar surface area (TPSA) is 29.4 Å². The minimum Gasteiger partial charge on any atom is -0.211 e. The van der Waals surface area contributed by atoms with E-state index in [1.54, 1.807) is 6.08 Å². The number of unbranched alkanes of at least 4 members (excludes halogenated alkanes) is 33. The van der Waals surface area contributed by atoms with Crippen molar-refractivity contribution in [2.45, 2.75) is 224 Å². The van der Waals surface area contributed by atoms with Gasteiger partial charge in [-0.05, 0) is 12.5 Å². The van der Waals surface area contributed by atoms with E-state index in [1.165, 1.54) is 205 Å². The zero-order valence-electron chi connectivity index (χ0n) is 28.4. The molecule has 0 spiro atoms. The van der Waals surface area contributed by atoms with Gasteiger partial charge in [-0.3, -0.25) is 0 Å². The molecule has 0 aromatic carbocycles. The van der Waals surface area contributed by atoms with Gasteiger partial charge in [0, 0.05) is 0 Å². The molecule has 0 radical (unpaired) electrons. The molecule has 0 rings (SSSR count). The number of hydrogen-bond donors (Lipinski definition) is 0. The quantitative estimate of drug-likeness (QED) is 0.0211. The Labute approximate surface area is 284 Å². The van der Waals surface area contributed by atoms with Gasteiger partial charge in [-0.25, -0.2) is 9.79 Å². The van der Waals surface area contributed by atoms with Crippen LogP contribution < -0.4 is 0 Å². The maximum Gasteiger partial charge on any atom is 0.341 e. The van der Waals surface area contributed by atoms with Gasteiger partial charge in [0.15, 0.2) is 0 Å². The second-order valence-electron chi connectivity index (χ2n) is 13.4. The summed E-state index contributed by atoms with van der Waals surface area (Å²) in [5.74, 6) is 0. The number of rotatable bonds is 37. The first-order chi connectivity index (χ1) is 21.1. The van der Waals surface area contributed by atoms with Crippen LogP contribution >= 0.6 is 33.2 Å². The molecule has 0 aliphatic carbocycles. The first kappa shape index (κ1) is 43.5. The summed E-state index contributed by atoms with van der Waals surface area (Å²) in [4.78, 5) is 13.6. The lowest BCUT2D eigenvalue weighted by Crippen LogP contribution is -2.07. The van der Waals surface area contributed by atoms with Gasteiger partial charge >= 0.3 is 6.00 Å². The summed E-state index contributed by atoms with van der Waals surface area (Å²) in [6.45, 7) is 0.665. The maximum atomic E-state index is 10.0. The van der Waals surface area contributed by atoms with Gasteiger partial charge < -0.3 is 0 Å². The second kappa shape index (κ2) is 36.9. The minimum absolute atomic E-state index is 0.665. The van der Waals surface area contributed by atoms with Crippen LogP contribution in [0, 0.1) is 0 Å². The Morgan fingerprint density at radius 2 is 0.512 bits per heavy atom. The zero-order valence-corrected chi connectivity index (χ0v) is 31.7. The number of carbonyl (C=O) groups excluding carboxylic acids is 1. The Morgan fingerprint density at radius 1 is 0.326 bits per heavy atom. The van der Waals surface area contributed by atoms with Crippen LogP contribution in [0.15, 0.2) is 4.99 Å². The van der Waals surface area contributed by atoms with Gasteiger partial charge in [0.1, 0.15) is 0 Å². The molecule has 0 fully saturated rings. The zero-order chi connectivity index (χ0) is 31.4. The molecule has 0 amide bonds. The van der Waals surface area contributed by atoms with Crippen molar-refractivity contribution in [2.24, 2.45) is 4.99 Å². The fraction of sp³-hybridized carbons (Fsp3) is 0.973. The Bertz CT molecular complexity index is 581. The summed E-state index contributed by atoms with van der Waals surface area (Å²) in [6.07, 6.45) is 49.0. The maximum absolute atomic E-state index is 10.0. The Morgan fingerprint density at radius 3 is 0.698 bits per heavy atom. The molecule has 6 heteroatoms. The molecule has 0 aliphatic heterocycles. The van der Waals surface area contributed by atoms with Crippen LogP contribution in [0.5, 0.6) is 0 Å². The van der Waals surface area contributed by atoms with E-state index < -0.39 is 6.00 Å². The van der Waals surface area contributed by atoms with Crippen molar-refractivity contribution >= 4 is 45.3 Å². The number of nitrogens with zero attached hydrogens (tertiary/aromatic N) is 1. The van der Waals surface area contributed by atoms with Crippen molar-refractivity contribution in [1.82, 2.24) is 0 Å². The highest BCUT2D eigenvalue weighted by atomic mass is 35.8. The highest BCUT2D eigenvalue weighted by Gasteiger charge is 2.23. The van der Waals surface area contributed by atoms with Gasteiger partial charge in [-0.1, -0.05) is 212 Å². The minimum atomic E-state index is -2.37. The fourth-order valence-electron chi connectivity index (χ4n) is 6.22. The van der Waals surface area contributed by atoms with Gasteiger partial charge in [-0.2, -0.15) is 0 Å². The van der Waals surface area contributed by atoms with E-state index in [0.29, 0.717) is 6.54 Å². The molecule has 0 unspecified atom stereocenters. The van der Waals surface area contributed by atoms with E-state index in [1.807, 2.05) is 0 Å². The molecule has 256 valence electrons. The van der Waals surface area contributed by atoms with Crippen LogP contribution in [-0.4, -0.2) is 18.6 Å². The average molecular weight is 681 g/mol. The van der Waals surface area contributed by atoms with Crippen molar-refractivity contribution in [3.63, 3.8) is 0 Å². The fourth-order valence-corrected chi connectivity index (χ4v) is 8.07. The van der Waals surface area contributed by atoms with Crippen LogP contribution in [-0.2, 0) is 4.79 Å². The largest absolute Gasteiger partial charge is 0.341 e. The molecule has 0 aromatic heterocycles. The number of halogens is 3. The molecule has 0 N–H and O–H groups in total. The summed E-state index contributed by atoms with van der Waals surface area (Å²) < 4.78 is 0. The third-order valence-electron chi connectivity index (χ3n) is 9.04. The number of aliphatic imine (C=N–C) groups is 1. The van der Waals surface area contributed by atoms with E-state index in [-0.39, 0.29) is 0 Å². The Hall–Kier alpha value is 0.467. The summed E-state index contributed by atoms with van der Waals surface area (Å²) in [7, 11) is 0. The van der Waals surface area contributed by atoms with Crippen LogP contribution in [0.2, 0.25) is 6.04 Å². The second-order valence-corrected chi connectivity index (χ2v) is 22.6. The predicted octanol–water partition coefficient (Wildman–Crippen LogP) is 15.2. The molecule has 0 saturated heterocycles. The molecule has 0 atom stereocenters. The molecule has 43 heavy (non-hydrogen) atoms. The third-order valence-corrected chi connectivity index (χ3v) is 11.7. The molecular formula is C37H72Cl3NOSi. The van der Waals surface area contributed by atoms with E-state index >= 15 is 0 Å². The van der Waals surface area contributed by atoms with Gasteiger partial charge in [-0.15, -0.1) is 33.2 Å².